The number of benzene rings is 1. The molecule has 0 fully saturated rings. The van der Waals surface area contributed by atoms with Crippen LogP contribution in [0.5, 0.6) is 0 Å². The minimum atomic E-state index is -4.20. The molecule has 0 aliphatic rings. The Morgan fingerprint density at radius 2 is 1.60 bits per heavy atom. The molecule has 0 aromatic heterocycles. The third kappa shape index (κ3) is 6.41. The summed E-state index contributed by atoms with van der Waals surface area (Å²) in [5.74, 6) is 0.313. The summed E-state index contributed by atoms with van der Waals surface area (Å²) in [7, 11) is -4.20. The highest BCUT2D eigenvalue weighted by molar-refractivity contribution is 7.86. The van der Waals surface area contributed by atoms with E-state index in [0.29, 0.717) is 18.8 Å². The van der Waals surface area contributed by atoms with Gasteiger partial charge < -0.3 is 0 Å². The predicted octanol–water partition coefficient (Wildman–Crippen LogP) is 6.35. The molecule has 0 spiro atoms. The topological polar surface area (TPSA) is 54.4 Å². The van der Waals surface area contributed by atoms with Crippen LogP contribution < -0.4 is 0 Å². The van der Waals surface area contributed by atoms with Gasteiger partial charge in [-0.3, -0.25) is 4.55 Å². The van der Waals surface area contributed by atoms with Crippen molar-refractivity contribution in [3.8, 4) is 0 Å². The van der Waals surface area contributed by atoms with Crippen LogP contribution in [0.2, 0.25) is 0 Å². The van der Waals surface area contributed by atoms with E-state index >= 15 is 0 Å². The Hall–Kier alpha value is -0.870. The Morgan fingerprint density at radius 1 is 0.960 bits per heavy atom. The normalized spacial score (nSPS) is 15.7. The second-order valence-corrected chi connectivity index (χ2v) is 9.00. The first-order valence-corrected chi connectivity index (χ1v) is 11.4. The number of hydrogen-bond donors (Lipinski definition) is 1. The van der Waals surface area contributed by atoms with Gasteiger partial charge in [0.15, 0.2) is 0 Å². The molecule has 0 aliphatic carbocycles. The van der Waals surface area contributed by atoms with Gasteiger partial charge in [0.25, 0.3) is 10.1 Å². The van der Waals surface area contributed by atoms with E-state index < -0.39 is 14.9 Å². The van der Waals surface area contributed by atoms with E-state index in [1.54, 1.807) is 0 Å². The van der Waals surface area contributed by atoms with E-state index in [1.807, 2.05) is 30.3 Å². The third-order valence-corrected chi connectivity index (χ3v) is 6.98. The van der Waals surface area contributed by atoms with Gasteiger partial charge in [-0.25, -0.2) is 0 Å². The summed E-state index contributed by atoms with van der Waals surface area (Å²) in [6.07, 6.45) is 9.23. The molecular formula is C21H36O3S. The Morgan fingerprint density at radius 3 is 2.12 bits per heavy atom. The van der Waals surface area contributed by atoms with Gasteiger partial charge in [-0.1, -0.05) is 102 Å². The van der Waals surface area contributed by atoms with Crippen molar-refractivity contribution in [1.82, 2.24) is 0 Å². The van der Waals surface area contributed by atoms with Crippen molar-refractivity contribution in [1.29, 1.82) is 0 Å². The fourth-order valence-electron chi connectivity index (χ4n) is 3.74. The van der Waals surface area contributed by atoms with E-state index in [1.165, 1.54) is 0 Å². The Bertz CT molecular complexity index is 568. The van der Waals surface area contributed by atoms with Gasteiger partial charge in [0.05, 0.1) is 0 Å². The van der Waals surface area contributed by atoms with E-state index in [2.05, 4.69) is 20.8 Å². The van der Waals surface area contributed by atoms with Crippen LogP contribution in [0.25, 0.3) is 0 Å². The van der Waals surface area contributed by atoms with Crippen molar-refractivity contribution < 1.29 is 13.0 Å². The molecule has 1 N–H and O–H groups in total. The van der Waals surface area contributed by atoms with E-state index in [0.717, 1.165) is 56.9 Å². The predicted molar refractivity (Wildman–Crippen MR) is 106 cm³/mol. The molecule has 144 valence electrons. The van der Waals surface area contributed by atoms with Crippen molar-refractivity contribution >= 4 is 10.1 Å². The monoisotopic (exact) mass is 368 g/mol. The summed E-state index contributed by atoms with van der Waals surface area (Å²) >= 11 is 0. The lowest BCUT2D eigenvalue weighted by molar-refractivity contribution is 0.312. The van der Waals surface area contributed by atoms with Crippen molar-refractivity contribution in [3.05, 3.63) is 35.9 Å². The maximum atomic E-state index is 12.6. The molecule has 0 radical (unpaired) electrons. The third-order valence-electron chi connectivity index (χ3n) is 5.39. The molecule has 0 heterocycles. The van der Waals surface area contributed by atoms with E-state index in [9.17, 15) is 13.0 Å². The summed E-state index contributed by atoms with van der Waals surface area (Å²) in [6.45, 7) is 6.42. The second kappa shape index (κ2) is 11.0. The van der Waals surface area contributed by atoms with Crippen LogP contribution >= 0.6 is 0 Å². The molecule has 2 unspecified atom stereocenters. The average molecular weight is 369 g/mol. The van der Waals surface area contributed by atoms with Crippen LogP contribution in [-0.4, -0.2) is 13.0 Å². The summed E-state index contributed by atoms with van der Waals surface area (Å²) in [5.41, 5.74) is 0.740. The molecule has 25 heavy (non-hydrogen) atoms. The van der Waals surface area contributed by atoms with E-state index in [4.69, 9.17) is 0 Å². The molecular weight excluding hydrogens is 332 g/mol. The molecule has 0 saturated carbocycles. The van der Waals surface area contributed by atoms with Crippen LogP contribution in [0.3, 0.4) is 0 Å². The van der Waals surface area contributed by atoms with Gasteiger partial charge in [-0.05, 0) is 24.3 Å². The number of hydrogen-bond acceptors (Lipinski definition) is 2. The molecule has 0 saturated heterocycles. The smallest absolute Gasteiger partial charge is 0.274 e. The summed E-state index contributed by atoms with van der Waals surface area (Å²) in [4.78, 5) is 0. The summed E-state index contributed by atoms with van der Waals surface area (Å²) < 4.78 is 34.3. The fourth-order valence-corrected chi connectivity index (χ4v) is 5.02. The number of rotatable bonds is 13. The highest BCUT2D eigenvalue weighted by atomic mass is 32.2. The lowest BCUT2D eigenvalue weighted by atomic mass is 9.81. The van der Waals surface area contributed by atoms with E-state index in [-0.39, 0.29) is 0 Å². The minimum Gasteiger partial charge on any atom is -0.285 e. The molecule has 1 rings (SSSR count). The maximum absolute atomic E-state index is 12.6. The summed E-state index contributed by atoms with van der Waals surface area (Å²) in [6, 6.07) is 9.35. The Labute approximate surface area is 155 Å². The SMILES string of the molecule is CCCCCCC(CC(CC)CCCC)(c1ccccc1)S(=O)(=O)O. The zero-order valence-electron chi connectivity index (χ0n) is 16.2. The lowest BCUT2D eigenvalue weighted by Crippen LogP contribution is -2.38. The van der Waals surface area contributed by atoms with Gasteiger partial charge in [-0.15, -0.1) is 0 Å². The molecule has 2 atom stereocenters. The van der Waals surface area contributed by atoms with Crippen LogP contribution in [0, 0.1) is 5.92 Å². The standard InChI is InChI=1S/C21H36O3S/c1-4-7-9-13-17-21(25(22,23)24,20-15-11-10-12-16-20)18-19(6-3)14-8-5-2/h10-12,15-16,19H,4-9,13-14,17-18H2,1-3H3,(H,22,23,24). The first kappa shape index (κ1) is 22.2. The van der Waals surface area contributed by atoms with Gasteiger partial charge in [0.1, 0.15) is 4.75 Å². The Kier molecular flexibility index (Phi) is 9.73. The van der Waals surface area contributed by atoms with Gasteiger partial charge in [0, 0.05) is 0 Å². The quantitative estimate of drug-likeness (QED) is 0.326. The van der Waals surface area contributed by atoms with Crippen LogP contribution in [0.1, 0.15) is 90.5 Å². The highest BCUT2D eigenvalue weighted by Gasteiger charge is 2.45. The fraction of sp³-hybridized carbons (Fsp3) is 0.714. The maximum Gasteiger partial charge on any atom is 0.274 e. The van der Waals surface area contributed by atoms with Gasteiger partial charge in [0.2, 0.25) is 0 Å². The minimum absolute atomic E-state index is 0.313. The first-order chi connectivity index (χ1) is 11.9. The molecule has 0 aliphatic heterocycles. The summed E-state index contributed by atoms with van der Waals surface area (Å²) in [5, 5.41) is 0. The molecule has 1 aromatic rings. The van der Waals surface area contributed by atoms with Crippen LogP contribution in [-0.2, 0) is 14.9 Å². The Balaban J connectivity index is 3.20. The highest BCUT2D eigenvalue weighted by Crippen LogP contribution is 2.42. The average Bonchev–Trinajstić information content (AvgIpc) is 2.60. The van der Waals surface area contributed by atoms with Crippen molar-refractivity contribution in [2.75, 3.05) is 0 Å². The number of unbranched alkanes of at least 4 members (excludes halogenated alkanes) is 4. The molecule has 3 nitrogen and oxygen atoms in total. The zero-order valence-corrected chi connectivity index (χ0v) is 17.0. The molecule has 4 heteroatoms. The molecule has 0 amide bonds. The van der Waals surface area contributed by atoms with Crippen LogP contribution in [0.15, 0.2) is 30.3 Å². The van der Waals surface area contributed by atoms with Gasteiger partial charge in [-0.2, -0.15) is 8.42 Å². The zero-order chi connectivity index (χ0) is 18.8. The molecule has 0 bridgehead atoms. The first-order valence-electron chi connectivity index (χ1n) is 9.93. The molecule has 1 aromatic carbocycles. The largest absolute Gasteiger partial charge is 0.285 e. The lowest BCUT2D eigenvalue weighted by Gasteiger charge is -2.34. The van der Waals surface area contributed by atoms with Crippen molar-refractivity contribution in [2.24, 2.45) is 5.92 Å². The van der Waals surface area contributed by atoms with Crippen LogP contribution in [0.4, 0.5) is 0 Å². The van der Waals surface area contributed by atoms with Crippen molar-refractivity contribution in [2.45, 2.75) is 89.7 Å². The second-order valence-electron chi connectivity index (χ2n) is 7.27. The van der Waals surface area contributed by atoms with Gasteiger partial charge >= 0.3 is 0 Å². The van der Waals surface area contributed by atoms with Crippen molar-refractivity contribution in [3.63, 3.8) is 0 Å².